The Morgan fingerprint density at radius 1 is 1.43 bits per heavy atom. The number of hydrogen-bond acceptors (Lipinski definition) is 4. The van der Waals surface area contributed by atoms with E-state index in [-0.39, 0.29) is 12.5 Å². The van der Waals surface area contributed by atoms with Crippen LogP contribution >= 0.6 is 12.2 Å². The molecule has 1 aliphatic rings. The fraction of sp³-hybridized carbons (Fsp3) is 0.294. The van der Waals surface area contributed by atoms with Crippen molar-refractivity contribution in [3.63, 3.8) is 0 Å². The Kier molecular flexibility index (Phi) is 5.61. The minimum atomic E-state index is -0.122. The minimum Gasteiger partial charge on any atom is -0.493 e. The summed E-state index contributed by atoms with van der Waals surface area (Å²) in [6.45, 7) is 2.76. The molecule has 0 spiro atoms. The first-order valence-electron chi connectivity index (χ1n) is 7.19. The lowest BCUT2D eigenvalue weighted by atomic mass is 10.1. The van der Waals surface area contributed by atoms with Crippen LogP contribution in [0.1, 0.15) is 18.9 Å². The van der Waals surface area contributed by atoms with Crippen molar-refractivity contribution in [2.24, 2.45) is 0 Å². The number of nitrogens with one attached hydrogen (secondary N) is 1. The van der Waals surface area contributed by atoms with E-state index in [0.717, 1.165) is 12.0 Å². The molecule has 0 aromatic heterocycles. The van der Waals surface area contributed by atoms with Gasteiger partial charge in [-0.25, -0.2) is 0 Å². The molecule has 0 saturated carbocycles. The Hall–Kier alpha value is -2.52. The van der Waals surface area contributed by atoms with Gasteiger partial charge < -0.3 is 14.8 Å². The lowest BCUT2D eigenvalue weighted by molar-refractivity contribution is -0.122. The number of amides is 1. The first-order chi connectivity index (χ1) is 11.1. The average molecular weight is 330 g/mol. The van der Waals surface area contributed by atoms with Gasteiger partial charge in [0.2, 0.25) is 0 Å². The first kappa shape index (κ1) is 16.8. The maximum atomic E-state index is 12.3. The number of ether oxygens (including phenoxy) is 2. The van der Waals surface area contributed by atoms with Crippen molar-refractivity contribution < 1.29 is 14.3 Å². The second kappa shape index (κ2) is 7.65. The quantitative estimate of drug-likeness (QED) is 0.492. The summed E-state index contributed by atoms with van der Waals surface area (Å²) in [6, 6.07) is 5.35. The maximum Gasteiger partial charge on any atom is 0.276 e. The topological polar surface area (TPSA) is 50.8 Å². The van der Waals surface area contributed by atoms with E-state index < -0.39 is 0 Å². The van der Waals surface area contributed by atoms with Gasteiger partial charge in [0.05, 0.1) is 7.11 Å². The summed E-state index contributed by atoms with van der Waals surface area (Å²) in [6.07, 6.45) is 7.76. The highest BCUT2D eigenvalue weighted by Gasteiger charge is 2.29. The Balaban J connectivity index is 2.24. The number of rotatable bonds is 6. The van der Waals surface area contributed by atoms with Crippen molar-refractivity contribution in [1.82, 2.24) is 10.2 Å². The highest BCUT2D eigenvalue weighted by Crippen LogP contribution is 2.29. The third kappa shape index (κ3) is 3.82. The van der Waals surface area contributed by atoms with E-state index in [1.54, 1.807) is 30.2 Å². The molecule has 2 rings (SSSR count). The van der Waals surface area contributed by atoms with Crippen LogP contribution < -0.4 is 14.8 Å². The van der Waals surface area contributed by atoms with Crippen LogP contribution in [0.4, 0.5) is 0 Å². The lowest BCUT2D eigenvalue weighted by Crippen LogP contribution is -2.31. The first-order valence-corrected chi connectivity index (χ1v) is 7.60. The molecule has 1 heterocycles. The fourth-order valence-corrected chi connectivity index (χ4v) is 2.46. The summed E-state index contributed by atoms with van der Waals surface area (Å²) in [7, 11) is 1.55. The van der Waals surface area contributed by atoms with Crippen molar-refractivity contribution in [3.05, 3.63) is 29.5 Å². The summed E-state index contributed by atoms with van der Waals surface area (Å²) in [4.78, 5) is 13.9. The van der Waals surface area contributed by atoms with Gasteiger partial charge in [-0.15, -0.1) is 6.42 Å². The number of thiocarbonyl (C=S) groups is 1. The summed E-state index contributed by atoms with van der Waals surface area (Å²) >= 11 is 5.18. The van der Waals surface area contributed by atoms with Crippen molar-refractivity contribution in [3.8, 4) is 23.8 Å². The molecule has 1 aromatic rings. The molecule has 120 valence electrons. The number of methoxy groups -OCH3 is 1. The number of terminal acetylenes is 1. The molecule has 1 aliphatic heterocycles. The van der Waals surface area contributed by atoms with E-state index in [2.05, 4.69) is 11.2 Å². The normalized spacial score (nSPS) is 15.5. The molecule has 0 bridgehead atoms. The van der Waals surface area contributed by atoms with Gasteiger partial charge in [0.1, 0.15) is 12.3 Å². The summed E-state index contributed by atoms with van der Waals surface area (Å²) in [5.41, 5.74) is 1.25. The van der Waals surface area contributed by atoms with Gasteiger partial charge in [-0.2, -0.15) is 0 Å². The summed E-state index contributed by atoms with van der Waals surface area (Å²) in [5, 5.41) is 3.38. The minimum absolute atomic E-state index is 0.122. The molecule has 1 saturated heterocycles. The van der Waals surface area contributed by atoms with Crippen LogP contribution in [0.3, 0.4) is 0 Å². The van der Waals surface area contributed by atoms with E-state index in [1.165, 1.54) is 0 Å². The van der Waals surface area contributed by atoms with Crippen LogP contribution in [0.15, 0.2) is 23.9 Å². The number of hydrogen-bond donors (Lipinski definition) is 1. The third-order valence-electron chi connectivity index (χ3n) is 3.22. The zero-order valence-electron chi connectivity index (χ0n) is 13.1. The largest absolute Gasteiger partial charge is 0.493 e. The van der Waals surface area contributed by atoms with E-state index in [4.69, 9.17) is 28.1 Å². The van der Waals surface area contributed by atoms with Crippen molar-refractivity contribution in [1.29, 1.82) is 0 Å². The molecule has 1 fully saturated rings. The van der Waals surface area contributed by atoms with Crippen LogP contribution in [0.5, 0.6) is 11.5 Å². The monoisotopic (exact) mass is 330 g/mol. The third-order valence-corrected chi connectivity index (χ3v) is 3.54. The second-order valence-electron chi connectivity index (χ2n) is 4.85. The Labute approximate surface area is 141 Å². The molecule has 1 amide bonds. The van der Waals surface area contributed by atoms with Gasteiger partial charge >= 0.3 is 0 Å². The highest BCUT2D eigenvalue weighted by molar-refractivity contribution is 7.80. The molecule has 23 heavy (non-hydrogen) atoms. The van der Waals surface area contributed by atoms with Gasteiger partial charge in [-0.1, -0.05) is 18.9 Å². The van der Waals surface area contributed by atoms with Crippen LogP contribution in [-0.4, -0.2) is 36.2 Å². The second-order valence-corrected chi connectivity index (χ2v) is 5.23. The number of nitrogens with zero attached hydrogens (tertiary/aromatic N) is 1. The highest BCUT2D eigenvalue weighted by atomic mass is 32.1. The van der Waals surface area contributed by atoms with E-state index in [0.29, 0.717) is 28.9 Å². The number of carbonyl (C=O) groups is 1. The predicted molar refractivity (Wildman–Crippen MR) is 93.0 cm³/mol. The lowest BCUT2D eigenvalue weighted by Gasteiger charge is -2.11. The smallest absolute Gasteiger partial charge is 0.276 e. The van der Waals surface area contributed by atoms with Gasteiger partial charge in [0.15, 0.2) is 16.6 Å². The van der Waals surface area contributed by atoms with Gasteiger partial charge in [-0.05, 0) is 42.4 Å². The molecule has 0 unspecified atom stereocenters. The molecule has 6 heteroatoms. The van der Waals surface area contributed by atoms with E-state index >= 15 is 0 Å². The molecule has 5 nitrogen and oxygen atoms in total. The molecular formula is C17H18N2O3S. The molecular weight excluding hydrogens is 312 g/mol. The van der Waals surface area contributed by atoms with Crippen LogP contribution in [0.25, 0.3) is 6.08 Å². The number of carbonyl (C=O) groups excluding carboxylic acids is 1. The molecule has 1 N–H and O–H groups in total. The summed E-state index contributed by atoms with van der Waals surface area (Å²) in [5.74, 6) is 3.39. The van der Waals surface area contributed by atoms with Crippen LogP contribution in [0, 0.1) is 12.3 Å². The standard InChI is InChI=1S/C17H18N2O3S/c1-4-8-19-16(20)13(18-17(19)23)10-12-6-7-14(22-9-5-2)15(11-12)21-3/h2,6-7,10-11H,4,8-9H2,1,3H3,(H,18,23). The zero-order chi connectivity index (χ0) is 16.8. The Bertz CT molecular complexity index is 692. The Morgan fingerprint density at radius 2 is 2.22 bits per heavy atom. The van der Waals surface area contributed by atoms with Gasteiger partial charge in [0.25, 0.3) is 5.91 Å². The van der Waals surface area contributed by atoms with Gasteiger partial charge in [-0.3, -0.25) is 9.69 Å². The Morgan fingerprint density at radius 3 is 2.87 bits per heavy atom. The van der Waals surface area contributed by atoms with Crippen LogP contribution in [0.2, 0.25) is 0 Å². The van der Waals surface area contributed by atoms with Crippen molar-refractivity contribution >= 4 is 29.3 Å². The van der Waals surface area contributed by atoms with E-state index in [9.17, 15) is 4.79 Å². The predicted octanol–water partition coefficient (Wildman–Crippen LogP) is 2.17. The molecule has 1 aromatic carbocycles. The van der Waals surface area contributed by atoms with Gasteiger partial charge in [0, 0.05) is 6.54 Å². The molecule has 0 aliphatic carbocycles. The SMILES string of the molecule is C#CCOc1ccc(C=C2NC(=S)N(CCC)C2=O)cc1OC. The van der Waals surface area contributed by atoms with Crippen molar-refractivity contribution in [2.75, 3.05) is 20.3 Å². The zero-order valence-corrected chi connectivity index (χ0v) is 13.9. The number of benzene rings is 1. The van der Waals surface area contributed by atoms with Crippen molar-refractivity contribution in [2.45, 2.75) is 13.3 Å². The average Bonchev–Trinajstić information content (AvgIpc) is 2.81. The summed E-state index contributed by atoms with van der Waals surface area (Å²) < 4.78 is 10.7. The molecule has 0 radical (unpaired) electrons. The maximum absolute atomic E-state index is 12.3. The molecule has 0 atom stereocenters. The fourth-order valence-electron chi connectivity index (χ4n) is 2.18. The van der Waals surface area contributed by atoms with E-state index in [1.807, 2.05) is 13.0 Å². The van der Waals surface area contributed by atoms with Crippen LogP contribution in [-0.2, 0) is 4.79 Å².